The van der Waals surface area contributed by atoms with Crippen LogP contribution < -0.4 is 10.1 Å². The van der Waals surface area contributed by atoms with E-state index in [0.29, 0.717) is 25.7 Å². The number of anilines is 2. The summed E-state index contributed by atoms with van der Waals surface area (Å²) >= 11 is 0. The number of hydrogen-bond acceptors (Lipinski definition) is 7. The zero-order valence-electron chi connectivity index (χ0n) is 15.7. The van der Waals surface area contributed by atoms with Crippen LogP contribution in [0, 0.1) is 0 Å². The standard InChI is InChI=1S/C19H21N7O2/c1-25-13-16(11-21-25)23-19-20-9-15-10-22-26(18(15)24-19)12-14-5-3-4-6-17(14)28-8-7-27-2/h3-6,9-11,13H,7-8,12H2,1-2H3,(H,20,23,24). The van der Waals surface area contributed by atoms with E-state index in [1.54, 1.807) is 30.4 Å². The summed E-state index contributed by atoms with van der Waals surface area (Å²) < 4.78 is 14.4. The number of fused-ring (bicyclic) bond motifs is 1. The predicted molar refractivity (Wildman–Crippen MR) is 105 cm³/mol. The van der Waals surface area contributed by atoms with Gasteiger partial charge >= 0.3 is 0 Å². The van der Waals surface area contributed by atoms with E-state index in [1.807, 2.05) is 42.2 Å². The fraction of sp³-hybridized carbons (Fsp3) is 0.263. The molecule has 4 rings (SSSR count). The fourth-order valence-corrected chi connectivity index (χ4v) is 2.83. The molecule has 9 heteroatoms. The van der Waals surface area contributed by atoms with Crippen molar-refractivity contribution in [2.45, 2.75) is 6.54 Å². The summed E-state index contributed by atoms with van der Waals surface area (Å²) in [6.07, 6.45) is 7.10. The molecule has 0 fully saturated rings. The van der Waals surface area contributed by atoms with E-state index in [9.17, 15) is 0 Å². The van der Waals surface area contributed by atoms with Crippen molar-refractivity contribution in [1.29, 1.82) is 0 Å². The monoisotopic (exact) mass is 379 g/mol. The molecule has 3 heterocycles. The molecule has 9 nitrogen and oxygen atoms in total. The van der Waals surface area contributed by atoms with E-state index in [4.69, 9.17) is 9.47 Å². The highest BCUT2D eigenvalue weighted by Crippen LogP contribution is 2.21. The summed E-state index contributed by atoms with van der Waals surface area (Å²) in [7, 11) is 3.51. The van der Waals surface area contributed by atoms with E-state index in [0.717, 1.165) is 28.0 Å². The Balaban J connectivity index is 1.58. The molecule has 0 aliphatic heterocycles. The van der Waals surface area contributed by atoms with Crippen molar-refractivity contribution in [2.24, 2.45) is 7.05 Å². The Morgan fingerprint density at radius 1 is 1.07 bits per heavy atom. The van der Waals surface area contributed by atoms with E-state index in [1.165, 1.54) is 0 Å². The molecule has 0 spiro atoms. The summed E-state index contributed by atoms with van der Waals surface area (Å²) in [6.45, 7) is 1.57. The topological polar surface area (TPSA) is 91.9 Å². The van der Waals surface area contributed by atoms with Crippen LogP contribution in [0.3, 0.4) is 0 Å². The fourth-order valence-electron chi connectivity index (χ4n) is 2.83. The van der Waals surface area contributed by atoms with Gasteiger partial charge in [0.25, 0.3) is 0 Å². The first-order valence-corrected chi connectivity index (χ1v) is 8.87. The first-order valence-electron chi connectivity index (χ1n) is 8.87. The number of aromatic nitrogens is 6. The summed E-state index contributed by atoms with van der Waals surface area (Å²) in [6, 6.07) is 7.90. The van der Waals surface area contributed by atoms with Crippen molar-refractivity contribution in [3.8, 4) is 5.75 Å². The largest absolute Gasteiger partial charge is 0.491 e. The molecule has 0 amide bonds. The average Bonchev–Trinajstić information content (AvgIpc) is 3.29. The molecule has 0 atom stereocenters. The predicted octanol–water partition coefficient (Wildman–Crippen LogP) is 2.38. The highest BCUT2D eigenvalue weighted by molar-refractivity contribution is 5.75. The number of nitrogens with one attached hydrogen (secondary N) is 1. The zero-order valence-corrected chi connectivity index (χ0v) is 15.7. The van der Waals surface area contributed by atoms with Gasteiger partial charge in [0.1, 0.15) is 12.4 Å². The lowest BCUT2D eigenvalue weighted by molar-refractivity contribution is 0.145. The number of nitrogens with zero attached hydrogens (tertiary/aromatic N) is 6. The van der Waals surface area contributed by atoms with Crippen molar-refractivity contribution in [3.05, 3.63) is 54.6 Å². The number of methoxy groups -OCH3 is 1. The van der Waals surface area contributed by atoms with Gasteiger partial charge in [-0.05, 0) is 6.07 Å². The maximum atomic E-state index is 5.82. The molecule has 144 valence electrons. The summed E-state index contributed by atoms with van der Waals surface area (Å²) in [5, 5.41) is 12.6. The van der Waals surface area contributed by atoms with Crippen LogP contribution in [0.1, 0.15) is 5.56 Å². The number of hydrogen-bond donors (Lipinski definition) is 1. The number of ether oxygens (including phenoxy) is 2. The molecule has 0 aliphatic carbocycles. The smallest absolute Gasteiger partial charge is 0.229 e. The van der Waals surface area contributed by atoms with Crippen molar-refractivity contribution in [2.75, 3.05) is 25.6 Å². The Hall–Kier alpha value is -3.46. The molecule has 0 aliphatic rings. The normalized spacial score (nSPS) is 11.1. The Labute approximate surface area is 161 Å². The van der Waals surface area contributed by atoms with Crippen molar-refractivity contribution >= 4 is 22.7 Å². The van der Waals surface area contributed by atoms with Gasteiger partial charge in [-0.25, -0.2) is 9.67 Å². The van der Waals surface area contributed by atoms with Gasteiger partial charge in [0.2, 0.25) is 5.95 Å². The van der Waals surface area contributed by atoms with Crippen LogP contribution in [-0.2, 0) is 18.3 Å². The van der Waals surface area contributed by atoms with Crippen LogP contribution >= 0.6 is 0 Å². The molecule has 0 bridgehead atoms. The number of rotatable bonds is 8. The zero-order chi connectivity index (χ0) is 19.3. The Kier molecular flexibility index (Phi) is 5.16. The van der Waals surface area contributed by atoms with Crippen LogP contribution in [0.4, 0.5) is 11.6 Å². The summed E-state index contributed by atoms with van der Waals surface area (Å²) in [4.78, 5) is 8.97. The van der Waals surface area contributed by atoms with Gasteiger partial charge in [-0.3, -0.25) is 4.68 Å². The lowest BCUT2D eigenvalue weighted by Gasteiger charge is -2.11. The molecule has 0 unspecified atom stereocenters. The van der Waals surface area contributed by atoms with Crippen LogP contribution in [0.5, 0.6) is 5.75 Å². The van der Waals surface area contributed by atoms with Crippen molar-refractivity contribution in [1.82, 2.24) is 29.5 Å². The van der Waals surface area contributed by atoms with Crippen LogP contribution in [0.15, 0.2) is 49.1 Å². The average molecular weight is 379 g/mol. The first-order chi connectivity index (χ1) is 13.7. The Bertz CT molecular complexity index is 1070. The quantitative estimate of drug-likeness (QED) is 0.470. The third kappa shape index (κ3) is 3.94. The lowest BCUT2D eigenvalue weighted by atomic mass is 10.2. The summed E-state index contributed by atoms with van der Waals surface area (Å²) in [5.74, 6) is 1.30. The Morgan fingerprint density at radius 2 is 1.96 bits per heavy atom. The van der Waals surface area contributed by atoms with Gasteiger partial charge in [-0.1, -0.05) is 18.2 Å². The van der Waals surface area contributed by atoms with Crippen molar-refractivity contribution in [3.63, 3.8) is 0 Å². The van der Waals surface area contributed by atoms with E-state index in [2.05, 4.69) is 25.5 Å². The van der Waals surface area contributed by atoms with Gasteiger partial charge in [-0.15, -0.1) is 0 Å². The van der Waals surface area contributed by atoms with Gasteiger partial charge < -0.3 is 14.8 Å². The van der Waals surface area contributed by atoms with Crippen molar-refractivity contribution < 1.29 is 9.47 Å². The molecule has 1 aromatic carbocycles. The highest BCUT2D eigenvalue weighted by atomic mass is 16.5. The summed E-state index contributed by atoms with van der Waals surface area (Å²) in [5.41, 5.74) is 2.59. The molecule has 4 aromatic rings. The maximum Gasteiger partial charge on any atom is 0.229 e. The van der Waals surface area contributed by atoms with E-state index < -0.39 is 0 Å². The number of para-hydroxylation sites is 1. The SMILES string of the molecule is COCCOc1ccccc1Cn1ncc2cnc(Nc3cnn(C)c3)nc21. The molecule has 3 aromatic heterocycles. The highest BCUT2D eigenvalue weighted by Gasteiger charge is 2.11. The minimum atomic E-state index is 0.492. The van der Waals surface area contributed by atoms with E-state index in [-0.39, 0.29) is 0 Å². The molecular formula is C19H21N7O2. The second kappa shape index (κ2) is 8.05. The maximum absolute atomic E-state index is 5.82. The minimum absolute atomic E-state index is 0.492. The molecular weight excluding hydrogens is 358 g/mol. The van der Waals surface area contributed by atoms with Gasteiger partial charge in [-0.2, -0.15) is 15.2 Å². The number of benzene rings is 1. The third-order valence-corrected chi connectivity index (χ3v) is 4.18. The number of aryl methyl sites for hydroxylation is 1. The second-order valence-corrected chi connectivity index (χ2v) is 6.25. The molecule has 0 saturated heterocycles. The molecule has 1 N–H and O–H groups in total. The van der Waals surface area contributed by atoms with Crippen LogP contribution in [0.2, 0.25) is 0 Å². The second-order valence-electron chi connectivity index (χ2n) is 6.25. The minimum Gasteiger partial charge on any atom is -0.491 e. The first kappa shape index (κ1) is 17.9. The van der Waals surface area contributed by atoms with Gasteiger partial charge in [0, 0.05) is 32.1 Å². The Morgan fingerprint density at radius 3 is 2.79 bits per heavy atom. The van der Waals surface area contributed by atoms with E-state index >= 15 is 0 Å². The lowest BCUT2D eigenvalue weighted by Crippen LogP contribution is -2.09. The van der Waals surface area contributed by atoms with Crippen LogP contribution in [-0.4, -0.2) is 49.9 Å². The molecule has 28 heavy (non-hydrogen) atoms. The van der Waals surface area contributed by atoms with Gasteiger partial charge in [0.15, 0.2) is 5.65 Å². The molecule has 0 radical (unpaired) electrons. The third-order valence-electron chi connectivity index (χ3n) is 4.18. The van der Waals surface area contributed by atoms with Crippen LogP contribution in [0.25, 0.3) is 11.0 Å². The molecule has 0 saturated carbocycles. The van der Waals surface area contributed by atoms with Gasteiger partial charge in [0.05, 0.1) is 36.6 Å².